The molecule has 1 atom stereocenters. The van der Waals surface area contributed by atoms with Gasteiger partial charge in [-0.2, -0.15) is 0 Å². The zero-order valence-corrected chi connectivity index (χ0v) is 19.9. The Hall–Kier alpha value is -2.90. The van der Waals surface area contributed by atoms with E-state index in [0.29, 0.717) is 22.6 Å². The summed E-state index contributed by atoms with van der Waals surface area (Å²) in [6.45, 7) is 6.49. The lowest BCUT2D eigenvalue weighted by Crippen LogP contribution is -2.33. The summed E-state index contributed by atoms with van der Waals surface area (Å²) >= 11 is 2.99. The maximum atomic E-state index is 13.4. The minimum Gasteiger partial charge on any atom is -0.355 e. The number of carbonyl (C=O) groups is 1. The molecular formula is C25H25N3O2S2. The predicted octanol–water partition coefficient (Wildman–Crippen LogP) is 4.90. The van der Waals surface area contributed by atoms with Gasteiger partial charge in [-0.3, -0.25) is 14.2 Å². The van der Waals surface area contributed by atoms with Crippen LogP contribution in [0.5, 0.6) is 0 Å². The van der Waals surface area contributed by atoms with Crippen molar-refractivity contribution in [3.05, 3.63) is 86.3 Å². The molecular weight excluding hydrogens is 438 g/mol. The van der Waals surface area contributed by atoms with Gasteiger partial charge in [0.2, 0.25) is 5.91 Å². The van der Waals surface area contributed by atoms with E-state index < -0.39 is 5.25 Å². The Balaban J connectivity index is 1.63. The molecule has 5 nitrogen and oxygen atoms in total. The van der Waals surface area contributed by atoms with Crippen LogP contribution in [0.15, 0.2) is 69.9 Å². The van der Waals surface area contributed by atoms with Crippen LogP contribution >= 0.6 is 23.1 Å². The van der Waals surface area contributed by atoms with Gasteiger partial charge >= 0.3 is 0 Å². The van der Waals surface area contributed by atoms with Gasteiger partial charge in [-0.15, -0.1) is 11.3 Å². The van der Waals surface area contributed by atoms with Crippen molar-refractivity contribution in [1.82, 2.24) is 14.9 Å². The average Bonchev–Trinajstić information content (AvgIpc) is 3.29. The minimum atomic E-state index is -0.399. The SMILES string of the molecule is Cc1ccc(-n2c(SC(C)C(=O)NCCc3cccs3)nc3ccccc3c2=O)cc1C. The summed E-state index contributed by atoms with van der Waals surface area (Å²) in [4.78, 5) is 32.1. The van der Waals surface area contributed by atoms with Crippen molar-refractivity contribution in [3.8, 4) is 5.69 Å². The number of hydrogen-bond acceptors (Lipinski definition) is 5. The largest absolute Gasteiger partial charge is 0.355 e. The van der Waals surface area contributed by atoms with Gasteiger partial charge in [0.1, 0.15) is 0 Å². The van der Waals surface area contributed by atoms with Gasteiger partial charge in [-0.25, -0.2) is 4.98 Å². The zero-order valence-electron chi connectivity index (χ0n) is 18.3. The number of amides is 1. The van der Waals surface area contributed by atoms with E-state index in [1.54, 1.807) is 22.0 Å². The number of aryl methyl sites for hydroxylation is 2. The monoisotopic (exact) mass is 463 g/mol. The van der Waals surface area contributed by atoms with E-state index in [1.807, 2.05) is 68.6 Å². The summed E-state index contributed by atoms with van der Waals surface area (Å²) in [5.41, 5.74) is 3.50. The molecule has 0 aliphatic rings. The van der Waals surface area contributed by atoms with Crippen molar-refractivity contribution in [1.29, 1.82) is 0 Å². The Morgan fingerprint density at radius 3 is 2.69 bits per heavy atom. The van der Waals surface area contributed by atoms with Gasteiger partial charge in [0.05, 0.1) is 21.8 Å². The molecule has 0 aliphatic carbocycles. The van der Waals surface area contributed by atoms with Crippen molar-refractivity contribution < 1.29 is 4.79 Å². The first-order valence-electron chi connectivity index (χ1n) is 10.5. The molecule has 0 saturated heterocycles. The molecule has 4 aromatic rings. The number of hydrogen-bond donors (Lipinski definition) is 1. The molecule has 2 aromatic heterocycles. The van der Waals surface area contributed by atoms with Crippen molar-refractivity contribution in [2.75, 3.05) is 6.54 Å². The summed E-state index contributed by atoms with van der Waals surface area (Å²) in [6, 6.07) is 17.3. The number of thiophene rings is 1. The highest BCUT2D eigenvalue weighted by Gasteiger charge is 2.20. The molecule has 7 heteroatoms. The highest BCUT2D eigenvalue weighted by atomic mass is 32.2. The third kappa shape index (κ3) is 4.79. The second-order valence-electron chi connectivity index (χ2n) is 7.70. The lowest BCUT2D eigenvalue weighted by Gasteiger charge is -2.17. The Labute approximate surface area is 195 Å². The number of thioether (sulfide) groups is 1. The van der Waals surface area contributed by atoms with Gasteiger partial charge in [0.15, 0.2) is 5.16 Å². The van der Waals surface area contributed by atoms with Crippen LogP contribution in [0.4, 0.5) is 0 Å². The zero-order chi connectivity index (χ0) is 22.7. The molecule has 0 fully saturated rings. The van der Waals surface area contributed by atoms with Crippen LogP contribution in [0, 0.1) is 13.8 Å². The molecule has 0 spiro atoms. The maximum Gasteiger partial charge on any atom is 0.266 e. The van der Waals surface area contributed by atoms with E-state index in [4.69, 9.17) is 4.98 Å². The third-order valence-corrected chi connectivity index (χ3v) is 7.38. The van der Waals surface area contributed by atoms with E-state index in [9.17, 15) is 9.59 Å². The Kier molecular flexibility index (Phi) is 6.77. The first-order chi connectivity index (χ1) is 15.4. The molecule has 0 saturated carbocycles. The second-order valence-corrected chi connectivity index (χ2v) is 10.0. The lowest BCUT2D eigenvalue weighted by molar-refractivity contribution is -0.120. The van der Waals surface area contributed by atoms with Crippen molar-refractivity contribution in [2.24, 2.45) is 0 Å². The molecule has 4 rings (SSSR count). The van der Waals surface area contributed by atoms with Gasteiger partial charge in [0, 0.05) is 11.4 Å². The fraction of sp³-hybridized carbons (Fsp3) is 0.240. The van der Waals surface area contributed by atoms with Crippen LogP contribution in [-0.4, -0.2) is 27.3 Å². The average molecular weight is 464 g/mol. The summed E-state index contributed by atoms with van der Waals surface area (Å²) < 4.78 is 1.62. The molecule has 1 unspecified atom stereocenters. The third-order valence-electron chi connectivity index (χ3n) is 5.40. The van der Waals surface area contributed by atoms with Crippen LogP contribution in [0.3, 0.4) is 0 Å². The molecule has 1 N–H and O–H groups in total. The number of aromatic nitrogens is 2. The van der Waals surface area contributed by atoms with Crippen LogP contribution in [0.25, 0.3) is 16.6 Å². The minimum absolute atomic E-state index is 0.0689. The molecule has 2 aromatic carbocycles. The standard InChI is InChI=1S/C25H25N3O2S2/c1-16-10-11-19(15-17(16)2)28-24(30)21-8-4-5-9-22(21)27-25(28)32-18(3)23(29)26-13-12-20-7-6-14-31-20/h4-11,14-15,18H,12-13H2,1-3H3,(H,26,29). The summed E-state index contributed by atoms with van der Waals surface area (Å²) in [5.74, 6) is -0.0689. The van der Waals surface area contributed by atoms with Gasteiger partial charge < -0.3 is 5.32 Å². The molecule has 0 radical (unpaired) electrons. The Morgan fingerprint density at radius 1 is 1.12 bits per heavy atom. The number of nitrogens with zero attached hydrogens (tertiary/aromatic N) is 2. The molecule has 0 bridgehead atoms. The number of para-hydroxylation sites is 1. The maximum absolute atomic E-state index is 13.4. The summed E-state index contributed by atoms with van der Waals surface area (Å²) in [6.07, 6.45) is 0.808. The number of nitrogens with one attached hydrogen (secondary N) is 1. The molecule has 164 valence electrons. The molecule has 2 heterocycles. The fourth-order valence-electron chi connectivity index (χ4n) is 3.40. The van der Waals surface area contributed by atoms with Crippen molar-refractivity contribution in [2.45, 2.75) is 37.6 Å². The quantitative estimate of drug-likeness (QED) is 0.313. The Bertz CT molecular complexity index is 1310. The highest BCUT2D eigenvalue weighted by molar-refractivity contribution is 8.00. The lowest BCUT2D eigenvalue weighted by atomic mass is 10.1. The fourth-order valence-corrected chi connectivity index (χ4v) is 5.06. The van der Waals surface area contributed by atoms with Crippen LogP contribution in [0.1, 0.15) is 22.9 Å². The molecule has 32 heavy (non-hydrogen) atoms. The number of fused-ring (bicyclic) bond motifs is 1. The van der Waals surface area contributed by atoms with E-state index >= 15 is 0 Å². The van der Waals surface area contributed by atoms with Crippen molar-refractivity contribution in [3.63, 3.8) is 0 Å². The van der Waals surface area contributed by atoms with Crippen LogP contribution in [0.2, 0.25) is 0 Å². The summed E-state index contributed by atoms with van der Waals surface area (Å²) in [5, 5.41) is 5.71. The number of benzene rings is 2. The highest BCUT2D eigenvalue weighted by Crippen LogP contribution is 2.26. The summed E-state index contributed by atoms with van der Waals surface area (Å²) in [7, 11) is 0. The van der Waals surface area contributed by atoms with E-state index in [2.05, 4.69) is 11.4 Å². The number of carbonyl (C=O) groups excluding carboxylic acids is 1. The van der Waals surface area contributed by atoms with E-state index in [1.165, 1.54) is 16.6 Å². The number of rotatable bonds is 7. The van der Waals surface area contributed by atoms with Crippen molar-refractivity contribution >= 4 is 39.9 Å². The van der Waals surface area contributed by atoms with Crippen LogP contribution in [-0.2, 0) is 11.2 Å². The van der Waals surface area contributed by atoms with Gasteiger partial charge in [-0.05, 0) is 74.0 Å². The Morgan fingerprint density at radius 2 is 1.94 bits per heavy atom. The van der Waals surface area contributed by atoms with Gasteiger partial charge in [-0.1, -0.05) is 36.0 Å². The molecule has 0 aliphatic heterocycles. The van der Waals surface area contributed by atoms with Crippen LogP contribution < -0.4 is 10.9 Å². The van der Waals surface area contributed by atoms with Gasteiger partial charge in [0.25, 0.3) is 5.56 Å². The second kappa shape index (κ2) is 9.71. The van der Waals surface area contributed by atoms with E-state index in [-0.39, 0.29) is 11.5 Å². The predicted molar refractivity (Wildman–Crippen MR) is 133 cm³/mol. The first kappa shape index (κ1) is 22.3. The first-order valence-corrected chi connectivity index (χ1v) is 12.3. The molecule has 1 amide bonds. The topological polar surface area (TPSA) is 64.0 Å². The normalized spacial score (nSPS) is 12.1. The smallest absolute Gasteiger partial charge is 0.266 e. The van der Waals surface area contributed by atoms with E-state index in [0.717, 1.165) is 23.2 Å².